The topological polar surface area (TPSA) is 48.0 Å². The maximum absolute atomic E-state index is 11.7. The molecule has 2 saturated heterocycles. The first-order chi connectivity index (χ1) is 10.3. The zero-order valence-electron chi connectivity index (χ0n) is 12.1. The Balaban J connectivity index is 1.46. The molecule has 2 heterocycles. The van der Waals surface area contributed by atoms with Crippen molar-refractivity contribution in [1.82, 2.24) is 0 Å². The van der Waals surface area contributed by atoms with E-state index in [9.17, 15) is 4.79 Å². The molecule has 0 aromatic heterocycles. The summed E-state index contributed by atoms with van der Waals surface area (Å²) in [7, 11) is 0. The molecule has 1 aromatic rings. The molecular formula is C16H21NO4. The smallest absolute Gasteiger partial charge is 0.227 e. The van der Waals surface area contributed by atoms with Crippen LogP contribution in [0.1, 0.15) is 25.7 Å². The van der Waals surface area contributed by atoms with E-state index in [-0.39, 0.29) is 12.2 Å². The van der Waals surface area contributed by atoms with E-state index in [0.717, 1.165) is 50.5 Å². The number of hydrogen-bond donors (Lipinski definition) is 0. The van der Waals surface area contributed by atoms with E-state index < -0.39 is 0 Å². The molecule has 0 saturated carbocycles. The van der Waals surface area contributed by atoms with Crippen molar-refractivity contribution in [2.45, 2.75) is 32.0 Å². The van der Waals surface area contributed by atoms with Crippen LogP contribution in [0, 0.1) is 0 Å². The van der Waals surface area contributed by atoms with Crippen molar-refractivity contribution in [2.24, 2.45) is 0 Å². The molecule has 2 aliphatic rings. The lowest BCUT2D eigenvalue weighted by atomic mass is 10.3. The van der Waals surface area contributed by atoms with Crippen LogP contribution in [0.2, 0.25) is 0 Å². The zero-order chi connectivity index (χ0) is 14.5. The number of carbonyl (C=O) groups excluding carboxylic acids is 1. The third-order valence-electron chi connectivity index (χ3n) is 3.74. The fourth-order valence-corrected chi connectivity index (χ4v) is 2.62. The minimum atomic E-state index is -0.139. The van der Waals surface area contributed by atoms with Crippen LogP contribution >= 0.6 is 0 Å². The fraction of sp³-hybridized carbons (Fsp3) is 0.562. The second-order valence-corrected chi connectivity index (χ2v) is 5.30. The molecule has 1 aromatic carbocycles. The molecule has 5 heteroatoms. The second kappa shape index (κ2) is 6.91. The number of rotatable bonds is 5. The number of nitrogens with zero attached hydrogens (tertiary/aromatic N) is 1. The highest BCUT2D eigenvalue weighted by atomic mass is 16.7. The number of anilines is 1. The van der Waals surface area contributed by atoms with Gasteiger partial charge in [0.05, 0.1) is 19.8 Å². The molecule has 0 aliphatic carbocycles. The summed E-state index contributed by atoms with van der Waals surface area (Å²) in [4.78, 5) is 13.5. The molecule has 2 fully saturated rings. The van der Waals surface area contributed by atoms with Crippen molar-refractivity contribution in [2.75, 3.05) is 31.3 Å². The van der Waals surface area contributed by atoms with Gasteiger partial charge in [-0.25, -0.2) is 0 Å². The summed E-state index contributed by atoms with van der Waals surface area (Å²) in [5.74, 6) is 1.01. The molecule has 2 aliphatic heterocycles. The zero-order valence-corrected chi connectivity index (χ0v) is 12.1. The Bertz CT molecular complexity index is 468. The monoisotopic (exact) mass is 291 g/mol. The van der Waals surface area contributed by atoms with Crippen LogP contribution in [-0.2, 0) is 14.3 Å². The molecule has 0 N–H and O–H groups in total. The lowest BCUT2D eigenvalue weighted by molar-refractivity contribution is -0.183. The lowest BCUT2D eigenvalue weighted by Gasteiger charge is -2.23. The summed E-state index contributed by atoms with van der Waals surface area (Å²) < 4.78 is 16.6. The van der Waals surface area contributed by atoms with E-state index in [1.807, 2.05) is 29.2 Å². The van der Waals surface area contributed by atoms with E-state index in [2.05, 4.69) is 0 Å². The van der Waals surface area contributed by atoms with E-state index >= 15 is 0 Å². The normalized spacial score (nSPS) is 20.0. The predicted octanol–water partition coefficient (Wildman–Crippen LogP) is 2.35. The first-order valence-electron chi connectivity index (χ1n) is 7.59. The number of amides is 1. The molecular weight excluding hydrogens is 270 g/mol. The largest absolute Gasteiger partial charge is 0.493 e. The van der Waals surface area contributed by atoms with Crippen molar-refractivity contribution >= 4 is 11.6 Å². The van der Waals surface area contributed by atoms with Gasteiger partial charge in [0, 0.05) is 25.1 Å². The SMILES string of the molecule is O=C1CCCN1c1ccc(OCCC2OCCCO2)cc1. The molecule has 0 bridgehead atoms. The summed E-state index contributed by atoms with van der Waals surface area (Å²) in [6.07, 6.45) is 3.15. The molecule has 0 atom stereocenters. The maximum Gasteiger partial charge on any atom is 0.227 e. The van der Waals surface area contributed by atoms with Gasteiger partial charge in [-0.3, -0.25) is 4.79 Å². The summed E-state index contributed by atoms with van der Waals surface area (Å²) in [5.41, 5.74) is 0.948. The Kier molecular flexibility index (Phi) is 4.72. The van der Waals surface area contributed by atoms with Gasteiger partial charge in [-0.05, 0) is 37.1 Å². The van der Waals surface area contributed by atoms with Crippen LogP contribution in [0.25, 0.3) is 0 Å². The van der Waals surface area contributed by atoms with Crippen LogP contribution in [0.3, 0.4) is 0 Å². The van der Waals surface area contributed by atoms with E-state index in [4.69, 9.17) is 14.2 Å². The average Bonchev–Trinajstić information content (AvgIpc) is 2.95. The Morgan fingerprint density at radius 1 is 1.14 bits per heavy atom. The molecule has 0 radical (unpaired) electrons. The van der Waals surface area contributed by atoms with E-state index in [1.54, 1.807) is 0 Å². The van der Waals surface area contributed by atoms with Gasteiger partial charge in [0.15, 0.2) is 6.29 Å². The average molecular weight is 291 g/mol. The van der Waals surface area contributed by atoms with Crippen molar-refractivity contribution in [1.29, 1.82) is 0 Å². The lowest BCUT2D eigenvalue weighted by Crippen LogP contribution is -2.26. The first-order valence-corrected chi connectivity index (χ1v) is 7.59. The van der Waals surface area contributed by atoms with Crippen LogP contribution in [0.4, 0.5) is 5.69 Å². The van der Waals surface area contributed by atoms with Crippen LogP contribution in [-0.4, -0.2) is 38.6 Å². The molecule has 21 heavy (non-hydrogen) atoms. The Hall–Kier alpha value is -1.59. The van der Waals surface area contributed by atoms with Crippen LogP contribution in [0.5, 0.6) is 5.75 Å². The number of carbonyl (C=O) groups is 1. The van der Waals surface area contributed by atoms with Crippen LogP contribution in [0.15, 0.2) is 24.3 Å². The Morgan fingerprint density at radius 2 is 1.90 bits per heavy atom. The minimum absolute atomic E-state index is 0.139. The number of benzene rings is 1. The summed E-state index contributed by atoms with van der Waals surface area (Å²) in [6.45, 7) is 2.91. The second-order valence-electron chi connectivity index (χ2n) is 5.30. The first kappa shape index (κ1) is 14.4. The van der Waals surface area contributed by atoms with Gasteiger partial charge < -0.3 is 19.1 Å². The van der Waals surface area contributed by atoms with Crippen LogP contribution < -0.4 is 9.64 Å². The highest BCUT2D eigenvalue weighted by molar-refractivity contribution is 5.95. The van der Waals surface area contributed by atoms with Crippen molar-refractivity contribution in [3.8, 4) is 5.75 Å². The Morgan fingerprint density at radius 3 is 2.57 bits per heavy atom. The van der Waals surface area contributed by atoms with Crippen molar-refractivity contribution in [3.05, 3.63) is 24.3 Å². The standard InChI is InChI=1S/C16H21NO4/c18-15-3-1-9-17(15)13-4-6-14(7-5-13)19-12-8-16-20-10-2-11-21-16/h4-7,16H,1-3,8-12H2. The summed E-state index contributed by atoms with van der Waals surface area (Å²) >= 11 is 0. The quantitative estimate of drug-likeness (QED) is 0.835. The molecule has 1 amide bonds. The fourth-order valence-electron chi connectivity index (χ4n) is 2.62. The van der Waals surface area contributed by atoms with Gasteiger partial charge in [0.25, 0.3) is 0 Å². The third kappa shape index (κ3) is 3.74. The Labute approximate surface area is 124 Å². The third-order valence-corrected chi connectivity index (χ3v) is 3.74. The number of hydrogen-bond acceptors (Lipinski definition) is 4. The molecule has 3 rings (SSSR count). The highest BCUT2D eigenvalue weighted by Gasteiger charge is 2.21. The molecule has 114 valence electrons. The van der Waals surface area contributed by atoms with Gasteiger partial charge in [0.1, 0.15) is 5.75 Å². The van der Waals surface area contributed by atoms with Gasteiger partial charge in [-0.1, -0.05) is 0 Å². The van der Waals surface area contributed by atoms with Gasteiger partial charge in [0.2, 0.25) is 5.91 Å². The maximum atomic E-state index is 11.7. The summed E-state index contributed by atoms with van der Waals surface area (Å²) in [5, 5.41) is 0. The van der Waals surface area contributed by atoms with Gasteiger partial charge in [-0.15, -0.1) is 0 Å². The van der Waals surface area contributed by atoms with E-state index in [0.29, 0.717) is 13.0 Å². The predicted molar refractivity (Wildman–Crippen MR) is 78.5 cm³/mol. The highest BCUT2D eigenvalue weighted by Crippen LogP contribution is 2.24. The van der Waals surface area contributed by atoms with Gasteiger partial charge >= 0.3 is 0 Å². The van der Waals surface area contributed by atoms with Crippen molar-refractivity contribution in [3.63, 3.8) is 0 Å². The number of ether oxygens (including phenoxy) is 3. The van der Waals surface area contributed by atoms with Crippen molar-refractivity contribution < 1.29 is 19.0 Å². The summed E-state index contributed by atoms with van der Waals surface area (Å²) in [6, 6.07) is 7.69. The minimum Gasteiger partial charge on any atom is -0.493 e. The van der Waals surface area contributed by atoms with E-state index in [1.165, 1.54) is 0 Å². The molecule has 5 nitrogen and oxygen atoms in total. The molecule has 0 unspecified atom stereocenters. The molecule has 0 spiro atoms. The van der Waals surface area contributed by atoms with Gasteiger partial charge in [-0.2, -0.15) is 0 Å².